The number of benzene rings is 2. The minimum Gasteiger partial charge on any atom is -0.484 e. The van der Waals surface area contributed by atoms with Crippen molar-refractivity contribution < 1.29 is 51.0 Å². The van der Waals surface area contributed by atoms with Crippen LogP contribution in [0.3, 0.4) is 0 Å². The topological polar surface area (TPSA) is 244 Å². The Labute approximate surface area is 387 Å². The number of aryl methyl sites for hydroxylation is 2. The summed E-state index contributed by atoms with van der Waals surface area (Å²) in [5.41, 5.74) is 6.80. The molecule has 3 N–H and O–H groups in total. The first kappa shape index (κ1) is 47.7. The van der Waals surface area contributed by atoms with Gasteiger partial charge in [-0.15, -0.1) is 0 Å². The van der Waals surface area contributed by atoms with E-state index in [-0.39, 0.29) is 110 Å². The predicted molar refractivity (Wildman–Crippen MR) is 238 cm³/mol. The number of carbonyl (C=O) groups excluding carboxylic acids is 5. The lowest BCUT2D eigenvalue weighted by atomic mass is 10.1. The van der Waals surface area contributed by atoms with E-state index in [1.54, 1.807) is 34.1 Å². The Bertz CT molecular complexity index is 3150. The van der Waals surface area contributed by atoms with Gasteiger partial charge in [0.2, 0.25) is 11.8 Å². The van der Waals surface area contributed by atoms with Gasteiger partial charge in [-0.1, -0.05) is 0 Å². The fourth-order valence-electron chi connectivity index (χ4n) is 8.09. The molecule has 10 rings (SSSR count). The van der Waals surface area contributed by atoms with E-state index >= 15 is 0 Å². The second kappa shape index (κ2) is 20.6. The number of anilines is 2. The van der Waals surface area contributed by atoms with Crippen LogP contribution in [0.15, 0.2) is 70.5 Å². The summed E-state index contributed by atoms with van der Waals surface area (Å²) in [6.07, 6.45) is 4.49. The number of ketones is 2. The summed E-state index contributed by atoms with van der Waals surface area (Å²) < 4.78 is 66.4. The number of carbonyl (C=O) groups is 5. The molecule has 0 radical (unpaired) electrons. The van der Waals surface area contributed by atoms with Crippen molar-refractivity contribution in [2.75, 3.05) is 42.6 Å². The van der Waals surface area contributed by atoms with Crippen LogP contribution >= 0.6 is 0 Å². The van der Waals surface area contributed by atoms with Crippen LogP contribution in [0.25, 0.3) is 22.1 Å². The number of ether oxygens (including phenoxy) is 2. The van der Waals surface area contributed by atoms with Crippen LogP contribution in [0.5, 0.6) is 11.5 Å². The fraction of sp³-hybridized carbons (Fsp3) is 0.326. The largest absolute Gasteiger partial charge is 0.484 e. The highest BCUT2D eigenvalue weighted by Gasteiger charge is 2.33. The van der Waals surface area contributed by atoms with Crippen LogP contribution < -0.4 is 41.4 Å². The molecule has 69 heavy (non-hydrogen) atoms. The van der Waals surface area contributed by atoms with E-state index in [9.17, 15) is 51.1 Å². The number of nitrogens with one attached hydrogen (secondary N) is 1. The van der Waals surface area contributed by atoms with Crippen molar-refractivity contribution in [1.29, 1.82) is 0 Å². The minimum absolute atomic E-state index is 0.00315. The van der Waals surface area contributed by atoms with E-state index < -0.39 is 34.4 Å². The molecule has 0 aliphatic carbocycles. The van der Waals surface area contributed by atoms with Gasteiger partial charge in [0.1, 0.15) is 42.6 Å². The second-order valence-corrected chi connectivity index (χ2v) is 16.4. The first-order valence-corrected chi connectivity index (χ1v) is 21.7. The van der Waals surface area contributed by atoms with Crippen LogP contribution in [-0.2, 0) is 49.9 Å². The third-order valence-corrected chi connectivity index (χ3v) is 11.4. The third-order valence-electron chi connectivity index (χ3n) is 11.4. The van der Waals surface area contributed by atoms with Crippen molar-refractivity contribution in [2.45, 2.75) is 63.7 Å². The van der Waals surface area contributed by atoms with Gasteiger partial charge in [-0.25, -0.2) is 37.5 Å². The monoisotopic (exact) mass is 954 g/mol. The molecule has 0 spiro atoms. The van der Waals surface area contributed by atoms with Crippen molar-refractivity contribution in [1.82, 2.24) is 34.4 Å². The molecule has 358 valence electrons. The lowest BCUT2D eigenvalue weighted by molar-refractivity contribution is -0.122. The molecular weight excluding hydrogens is 913 g/mol. The van der Waals surface area contributed by atoms with Gasteiger partial charge in [0, 0.05) is 81.8 Å². The number of hydrogen-bond acceptors (Lipinski definition) is 15. The van der Waals surface area contributed by atoms with E-state index in [2.05, 4.69) is 25.3 Å². The van der Waals surface area contributed by atoms with E-state index in [1.165, 1.54) is 9.13 Å². The summed E-state index contributed by atoms with van der Waals surface area (Å²) in [5, 5.41) is 3.31. The molecule has 19 nitrogen and oxygen atoms in total. The zero-order valence-electron chi connectivity index (χ0n) is 36.5. The summed E-state index contributed by atoms with van der Waals surface area (Å²) in [5.74, 6) is -2.09. The Morgan fingerprint density at radius 1 is 0.667 bits per heavy atom. The predicted octanol–water partition coefficient (Wildman–Crippen LogP) is 2.27. The summed E-state index contributed by atoms with van der Waals surface area (Å²) in [7, 11) is 0. The van der Waals surface area contributed by atoms with Gasteiger partial charge in [0.05, 0.1) is 58.7 Å². The molecule has 0 unspecified atom stereocenters. The molecule has 4 aromatic heterocycles. The molecule has 0 bridgehead atoms. The highest BCUT2D eigenvalue weighted by Crippen LogP contribution is 2.29. The highest BCUT2D eigenvalue weighted by molar-refractivity contribution is 5.96. The summed E-state index contributed by atoms with van der Waals surface area (Å²) >= 11 is 0. The average molecular weight is 955 g/mol. The van der Waals surface area contributed by atoms with Crippen LogP contribution in [-0.4, -0.2) is 104 Å². The SMILES string of the molecule is N[C@@H]1CC(=O)N(c2ccc3c(n2)CC(=O)CO3)C1.O=C1COc2ccc(N3C[C@H](NCCCn4c(=O)cnc5cc(F)c(F)cc54)CC3=O)nc2C1.O=CCCn1c(=O)cnc2cc(F)c(F)cc21. The summed E-state index contributed by atoms with van der Waals surface area (Å²) in [4.78, 5) is 101. The van der Waals surface area contributed by atoms with Crippen molar-refractivity contribution in [2.24, 2.45) is 5.73 Å². The molecule has 23 heteroatoms. The van der Waals surface area contributed by atoms with E-state index in [0.29, 0.717) is 73.3 Å². The molecule has 6 aromatic rings. The Morgan fingerprint density at radius 2 is 1.16 bits per heavy atom. The first-order chi connectivity index (χ1) is 33.1. The average Bonchev–Trinajstić information content (AvgIpc) is 3.88. The van der Waals surface area contributed by atoms with Gasteiger partial charge < -0.3 is 34.5 Å². The molecule has 2 fully saturated rings. The Balaban J connectivity index is 0.000000154. The number of pyridine rings is 2. The van der Waals surface area contributed by atoms with Crippen LogP contribution in [0.1, 0.15) is 37.1 Å². The number of nitrogens with two attached hydrogens (primary N) is 1. The van der Waals surface area contributed by atoms with Gasteiger partial charge in [-0.3, -0.25) is 38.6 Å². The molecule has 8 heterocycles. The molecule has 4 aliphatic rings. The maximum Gasteiger partial charge on any atom is 0.269 e. The number of fused-ring (bicyclic) bond motifs is 4. The van der Waals surface area contributed by atoms with Gasteiger partial charge in [-0.05, 0) is 37.2 Å². The van der Waals surface area contributed by atoms with E-state index in [1.807, 2.05) is 0 Å². The standard InChI is InChI=1S/C23H21F2N5O4.C12H13N3O3.C11H8F2N2O2/c24-15-8-17-19(9-16(15)25)29(23(33)10-27-17)5-1-4-26-13-6-22(32)30(11-13)21-3-2-20-18(28-21)7-14(31)12-34-20;13-7-3-12(17)15(5-7)11-2-1-10-9(14-11)4-8(16)6-18-10;12-7-4-9-10(5-8(7)13)15(2-1-3-16)11(17)6-14-9/h2-3,8-10,13,26H,1,4-7,11-12H2;1-2,7H,3-6,13H2;3-6H,1-2H2/t13-;7-;/m11./s1. The quantitative estimate of drug-likeness (QED) is 0.114. The lowest BCUT2D eigenvalue weighted by Crippen LogP contribution is -2.34. The van der Waals surface area contributed by atoms with Gasteiger partial charge in [0.25, 0.3) is 11.1 Å². The number of aromatic nitrogens is 6. The maximum atomic E-state index is 13.7. The third kappa shape index (κ3) is 10.8. The van der Waals surface area contributed by atoms with Crippen molar-refractivity contribution in [3.05, 3.63) is 116 Å². The number of hydrogen-bond donors (Lipinski definition) is 2. The zero-order valence-corrected chi connectivity index (χ0v) is 36.5. The summed E-state index contributed by atoms with van der Waals surface area (Å²) in [6.45, 7) is 1.93. The van der Waals surface area contributed by atoms with Gasteiger partial charge in [0.15, 0.2) is 34.8 Å². The van der Waals surface area contributed by atoms with Gasteiger partial charge >= 0.3 is 0 Å². The zero-order chi connectivity index (χ0) is 48.9. The summed E-state index contributed by atoms with van der Waals surface area (Å²) in [6, 6.07) is 10.4. The normalized spacial score (nSPS) is 17.4. The molecule has 0 saturated carbocycles. The van der Waals surface area contributed by atoms with E-state index in [4.69, 9.17) is 15.2 Å². The van der Waals surface area contributed by atoms with Crippen molar-refractivity contribution in [3.8, 4) is 11.5 Å². The number of amides is 2. The Morgan fingerprint density at radius 3 is 1.67 bits per heavy atom. The second-order valence-electron chi connectivity index (χ2n) is 16.4. The smallest absolute Gasteiger partial charge is 0.269 e. The van der Waals surface area contributed by atoms with Crippen LogP contribution in [0.2, 0.25) is 0 Å². The number of Topliss-reactive ketones (excluding diaryl/α,β-unsaturated/α-hetero) is 2. The van der Waals surface area contributed by atoms with Crippen LogP contribution in [0.4, 0.5) is 29.2 Å². The first-order valence-electron chi connectivity index (χ1n) is 21.7. The number of rotatable bonds is 10. The minimum atomic E-state index is -1.05. The fourth-order valence-corrected chi connectivity index (χ4v) is 8.09. The molecule has 2 amide bonds. The number of nitrogens with zero attached hydrogens (tertiary/aromatic N) is 8. The molecular formula is C46H42F4N10O9. The highest BCUT2D eigenvalue weighted by atomic mass is 19.2. The Hall–Kier alpha value is -7.79. The van der Waals surface area contributed by atoms with E-state index in [0.717, 1.165) is 36.7 Å². The number of aldehydes is 1. The van der Waals surface area contributed by atoms with Crippen LogP contribution in [0, 0.1) is 23.3 Å². The molecule has 4 aliphatic heterocycles. The lowest BCUT2D eigenvalue weighted by Gasteiger charge is -2.20. The number of halogens is 4. The molecule has 2 saturated heterocycles. The molecule has 2 atom stereocenters. The van der Waals surface area contributed by atoms with Gasteiger partial charge in [-0.2, -0.15) is 0 Å². The maximum absolute atomic E-state index is 13.7. The molecule has 2 aromatic carbocycles. The Kier molecular flexibility index (Phi) is 14.2. The van der Waals surface area contributed by atoms with Crippen molar-refractivity contribution >= 4 is 63.4 Å². The van der Waals surface area contributed by atoms with Crippen molar-refractivity contribution in [3.63, 3.8) is 0 Å².